The highest BCUT2D eigenvalue weighted by Crippen LogP contribution is 2.14. The number of hydrogen-bond donors (Lipinski definition) is 3. The fourth-order valence-electron chi connectivity index (χ4n) is 4.30. The van der Waals surface area contributed by atoms with E-state index in [-0.39, 0.29) is 19.1 Å². The zero-order valence-electron chi connectivity index (χ0n) is 24.8. The Bertz CT molecular complexity index is 401. The molecule has 0 saturated carbocycles. The zero-order valence-corrected chi connectivity index (χ0v) is 24.8. The molecule has 1 amide bonds. The Morgan fingerprint density at radius 2 is 0.917 bits per heavy atom. The topological polar surface area (TPSA) is 72.8 Å². The van der Waals surface area contributed by atoms with Crippen LogP contribution in [0.5, 0.6) is 0 Å². The maximum atomic E-state index is 11.7. The molecule has 218 valence electrons. The van der Waals surface area contributed by atoms with Crippen molar-refractivity contribution in [2.24, 2.45) is 0 Å². The van der Waals surface area contributed by atoms with E-state index in [1.165, 1.54) is 116 Å². The molecule has 0 aliphatic rings. The van der Waals surface area contributed by atoms with Gasteiger partial charge < -0.3 is 20.4 Å². The van der Waals surface area contributed by atoms with Crippen LogP contribution in [-0.2, 0) is 4.79 Å². The minimum absolute atomic E-state index is 0.195. The third kappa shape index (κ3) is 37.9. The number of aliphatic hydroxyl groups is 2. The van der Waals surface area contributed by atoms with Crippen molar-refractivity contribution in [1.29, 1.82) is 0 Å². The summed E-state index contributed by atoms with van der Waals surface area (Å²) in [6, 6.07) is 0. The fraction of sp³-hybridized carbons (Fsp3) is 0.968. The van der Waals surface area contributed by atoms with Crippen LogP contribution >= 0.6 is 0 Å². The molecule has 0 rings (SSSR count). The molecule has 0 atom stereocenters. The van der Waals surface area contributed by atoms with E-state index in [2.05, 4.69) is 31.2 Å². The molecule has 5 nitrogen and oxygen atoms in total. The zero-order chi connectivity index (χ0) is 27.0. The summed E-state index contributed by atoms with van der Waals surface area (Å²) >= 11 is 0. The number of amides is 1. The largest absolute Gasteiger partial charge is 0.396 e. The molecule has 36 heavy (non-hydrogen) atoms. The quantitative estimate of drug-likeness (QED) is 0.0985. The van der Waals surface area contributed by atoms with E-state index in [9.17, 15) is 4.79 Å². The Morgan fingerprint density at radius 1 is 0.556 bits per heavy atom. The third-order valence-electron chi connectivity index (χ3n) is 6.68. The predicted octanol–water partition coefficient (Wildman–Crippen LogP) is 7.63. The normalized spacial score (nSPS) is 10.9. The lowest BCUT2D eigenvalue weighted by atomic mass is 10.0. The van der Waals surface area contributed by atoms with Crippen LogP contribution in [0.25, 0.3) is 0 Å². The molecular weight excluding hydrogens is 448 g/mol. The molecular formula is C31H66N2O3. The second-order valence-corrected chi connectivity index (χ2v) is 10.8. The van der Waals surface area contributed by atoms with E-state index in [1.54, 1.807) is 0 Å². The minimum atomic E-state index is 0.195. The van der Waals surface area contributed by atoms with Crippen molar-refractivity contribution >= 4 is 5.91 Å². The lowest BCUT2D eigenvalue weighted by Crippen LogP contribution is -2.26. The molecule has 0 fully saturated rings. The Balaban J connectivity index is 0. The summed E-state index contributed by atoms with van der Waals surface area (Å²) in [6.07, 6.45) is 29.6. The average Bonchev–Trinajstić information content (AvgIpc) is 2.87. The summed E-state index contributed by atoms with van der Waals surface area (Å²) in [5, 5.41) is 19.2. The first-order valence-corrected chi connectivity index (χ1v) is 15.7. The number of rotatable bonds is 27. The van der Waals surface area contributed by atoms with Crippen LogP contribution < -0.4 is 5.32 Å². The van der Waals surface area contributed by atoms with Crippen LogP contribution in [-0.4, -0.2) is 61.4 Å². The summed E-state index contributed by atoms with van der Waals surface area (Å²) in [5.41, 5.74) is 0. The number of unbranched alkanes of at least 4 members (excludes halogenated alkanes) is 19. The van der Waals surface area contributed by atoms with Crippen molar-refractivity contribution in [3.05, 3.63) is 0 Å². The van der Waals surface area contributed by atoms with Crippen LogP contribution in [0.2, 0.25) is 0 Å². The van der Waals surface area contributed by atoms with Crippen LogP contribution in [0.15, 0.2) is 0 Å². The standard InChI is InChI=1S/C27H56N2O.C4H10O2/c1-4-5-6-7-8-9-10-11-12-13-14-15-16-17-18-19-20-21-22-24-27(30)28-25-23-26-29(2)3;5-3-1-2-4-6/h4-26H2,1-3H3,(H,28,30);5-6H,1-4H2. The summed E-state index contributed by atoms with van der Waals surface area (Å²) in [5.74, 6) is 0.237. The maximum absolute atomic E-state index is 11.7. The molecule has 0 spiro atoms. The first-order valence-electron chi connectivity index (χ1n) is 15.7. The molecule has 3 N–H and O–H groups in total. The second-order valence-electron chi connectivity index (χ2n) is 10.8. The van der Waals surface area contributed by atoms with Gasteiger partial charge in [-0.15, -0.1) is 0 Å². The molecule has 0 aliphatic heterocycles. The number of carbonyl (C=O) groups is 1. The van der Waals surface area contributed by atoms with Gasteiger partial charge in [0, 0.05) is 26.2 Å². The van der Waals surface area contributed by atoms with Crippen molar-refractivity contribution in [3.63, 3.8) is 0 Å². The Labute approximate surface area is 226 Å². The van der Waals surface area contributed by atoms with Crippen molar-refractivity contribution < 1.29 is 15.0 Å². The van der Waals surface area contributed by atoms with Crippen molar-refractivity contribution in [1.82, 2.24) is 10.2 Å². The molecule has 5 heteroatoms. The number of aliphatic hydroxyl groups excluding tert-OH is 2. The van der Waals surface area contributed by atoms with E-state index in [4.69, 9.17) is 10.2 Å². The second kappa shape index (κ2) is 34.4. The van der Waals surface area contributed by atoms with Crippen molar-refractivity contribution in [2.75, 3.05) is 40.4 Å². The number of carbonyl (C=O) groups excluding carboxylic acids is 1. The summed E-state index contributed by atoms with van der Waals surface area (Å²) < 4.78 is 0. The van der Waals surface area contributed by atoms with Gasteiger partial charge in [-0.25, -0.2) is 0 Å². The smallest absolute Gasteiger partial charge is 0.219 e. The Morgan fingerprint density at radius 3 is 1.25 bits per heavy atom. The van der Waals surface area contributed by atoms with Gasteiger partial charge in [0.2, 0.25) is 5.91 Å². The number of nitrogens with zero attached hydrogens (tertiary/aromatic N) is 1. The monoisotopic (exact) mass is 515 g/mol. The molecule has 0 unspecified atom stereocenters. The summed E-state index contributed by atoms with van der Waals surface area (Å²) in [4.78, 5) is 13.9. The highest BCUT2D eigenvalue weighted by molar-refractivity contribution is 5.75. The molecule has 0 aromatic rings. The van der Waals surface area contributed by atoms with Crippen LogP contribution in [0.3, 0.4) is 0 Å². The minimum Gasteiger partial charge on any atom is -0.396 e. The van der Waals surface area contributed by atoms with E-state index in [1.807, 2.05) is 0 Å². The van der Waals surface area contributed by atoms with E-state index in [0.29, 0.717) is 6.42 Å². The summed E-state index contributed by atoms with van der Waals surface area (Å²) in [7, 11) is 4.14. The van der Waals surface area contributed by atoms with Crippen molar-refractivity contribution in [3.8, 4) is 0 Å². The Hall–Kier alpha value is -0.650. The Kier molecular flexibility index (Phi) is 35.8. The lowest BCUT2D eigenvalue weighted by Gasteiger charge is -2.09. The maximum Gasteiger partial charge on any atom is 0.219 e. The molecule has 0 aliphatic carbocycles. The highest BCUT2D eigenvalue weighted by atomic mass is 16.3. The predicted molar refractivity (Wildman–Crippen MR) is 158 cm³/mol. The first-order chi connectivity index (χ1) is 17.6. The van der Waals surface area contributed by atoms with Gasteiger partial charge in [-0.2, -0.15) is 0 Å². The third-order valence-corrected chi connectivity index (χ3v) is 6.68. The molecule has 0 aromatic heterocycles. The fourth-order valence-corrected chi connectivity index (χ4v) is 4.30. The van der Waals surface area contributed by atoms with E-state index < -0.39 is 0 Å². The summed E-state index contributed by atoms with van der Waals surface area (Å²) in [6.45, 7) is 4.54. The molecule has 0 radical (unpaired) electrons. The SMILES string of the molecule is CCCCCCCCCCCCCCCCCCCCCC(=O)NCCCN(C)C.OCCCCO. The first kappa shape index (κ1) is 37.5. The van der Waals surface area contributed by atoms with Gasteiger partial charge in [-0.3, -0.25) is 4.79 Å². The van der Waals surface area contributed by atoms with Crippen molar-refractivity contribution in [2.45, 2.75) is 155 Å². The molecule has 0 saturated heterocycles. The van der Waals surface area contributed by atoms with Gasteiger partial charge in [0.25, 0.3) is 0 Å². The van der Waals surface area contributed by atoms with Crippen LogP contribution in [0, 0.1) is 0 Å². The van der Waals surface area contributed by atoms with E-state index >= 15 is 0 Å². The average molecular weight is 515 g/mol. The van der Waals surface area contributed by atoms with Gasteiger partial charge in [0.15, 0.2) is 0 Å². The van der Waals surface area contributed by atoms with Crippen LogP contribution in [0.1, 0.15) is 155 Å². The van der Waals surface area contributed by atoms with Gasteiger partial charge in [-0.1, -0.05) is 122 Å². The van der Waals surface area contributed by atoms with Gasteiger partial charge >= 0.3 is 0 Å². The van der Waals surface area contributed by atoms with Crippen LogP contribution in [0.4, 0.5) is 0 Å². The van der Waals surface area contributed by atoms with Gasteiger partial charge in [-0.05, 0) is 46.3 Å². The molecule has 0 bridgehead atoms. The number of nitrogens with one attached hydrogen (secondary N) is 1. The van der Waals surface area contributed by atoms with E-state index in [0.717, 1.165) is 38.8 Å². The number of hydrogen-bond acceptors (Lipinski definition) is 4. The molecule has 0 aromatic carbocycles. The highest BCUT2D eigenvalue weighted by Gasteiger charge is 2.01. The lowest BCUT2D eigenvalue weighted by molar-refractivity contribution is -0.121. The molecule has 0 heterocycles. The van der Waals surface area contributed by atoms with Gasteiger partial charge in [0.1, 0.15) is 0 Å². The van der Waals surface area contributed by atoms with Gasteiger partial charge in [0.05, 0.1) is 0 Å².